The average Bonchev–Trinajstić information content (AvgIpc) is 3.53. The van der Waals surface area contributed by atoms with Crippen LogP contribution in [-0.4, -0.2) is 25.6 Å². The van der Waals surface area contributed by atoms with Gasteiger partial charge in [0.2, 0.25) is 5.89 Å². The van der Waals surface area contributed by atoms with Gasteiger partial charge in [-0.3, -0.25) is 0 Å². The molecule has 0 saturated heterocycles. The summed E-state index contributed by atoms with van der Waals surface area (Å²) in [5.41, 5.74) is 10.4. The molecule has 38 heavy (non-hydrogen) atoms. The van der Waals surface area contributed by atoms with Crippen LogP contribution in [0.25, 0.3) is 28.1 Å². The number of aliphatic carboxylic acids is 1. The van der Waals surface area contributed by atoms with E-state index in [-0.39, 0.29) is 0 Å². The van der Waals surface area contributed by atoms with Crippen molar-refractivity contribution in [3.8, 4) is 11.5 Å². The molecular formula is C32H29N3O3. The molecule has 6 nitrogen and oxygen atoms in total. The number of rotatable bonds is 6. The van der Waals surface area contributed by atoms with E-state index in [4.69, 9.17) is 9.40 Å². The Bertz CT molecular complexity index is 1690. The number of hydrogen-bond donors (Lipinski definition) is 1. The highest BCUT2D eigenvalue weighted by molar-refractivity contribution is 5.97. The van der Waals surface area contributed by atoms with Gasteiger partial charge in [0.15, 0.2) is 0 Å². The number of carboxylic acid groups (broad SMARTS) is 1. The number of aromatic nitrogens is 3. The summed E-state index contributed by atoms with van der Waals surface area (Å²) >= 11 is 0. The molecule has 190 valence electrons. The molecule has 0 amide bonds. The van der Waals surface area contributed by atoms with Gasteiger partial charge in [0.05, 0.1) is 17.2 Å². The number of oxazole rings is 1. The molecule has 5 aromatic rings. The summed E-state index contributed by atoms with van der Waals surface area (Å²) in [7, 11) is 0. The number of carboxylic acids is 1. The summed E-state index contributed by atoms with van der Waals surface area (Å²) in [5, 5.41) is 9.63. The van der Waals surface area contributed by atoms with E-state index in [0.29, 0.717) is 12.4 Å². The van der Waals surface area contributed by atoms with E-state index in [1.165, 1.54) is 22.8 Å². The Kier molecular flexibility index (Phi) is 6.16. The van der Waals surface area contributed by atoms with E-state index in [9.17, 15) is 9.90 Å². The smallest absolute Gasteiger partial charge is 0.328 e. The van der Waals surface area contributed by atoms with E-state index in [1.807, 2.05) is 18.2 Å². The normalized spacial score (nSPS) is 13.9. The molecular weight excluding hydrogens is 474 g/mol. The first-order chi connectivity index (χ1) is 18.5. The first kappa shape index (κ1) is 23.9. The summed E-state index contributed by atoms with van der Waals surface area (Å²) < 4.78 is 7.89. The Hall–Kier alpha value is -4.45. The Morgan fingerprint density at radius 1 is 1.08 bits per heavy atom. The highest BCUT2D eigenvalue weighted by atomic mass is 16.4. The molecule has 1 aliphatic carbocycles. The average molecular weight is 504 g/mol. The molecule has 0 saturated carbocycles. The lowest BCUT2D eigenvalue weighted by Gasteiger charge is -2.14. The summed E-state index contributed by atoms with van der Waals surface area (Å²) in [6.07, 6.45) is 8.22. The van der Waals surface area contributed by atoms with Crippen LogP contribution < -0.4 is 0 Å². The fourth-order valence-corrected chi connectivity index (χ4v) is 5.61. The summed E-state index contributed by atoms with van der Waals surface area (Å²) in [4.78, 5) is 21.1. The maximum absolute atomic E-state index is 11.7. The molecule has 0 aliphatic heterocycles. The van der Waals surface area contributed by atoms with E-state index < -0.39 is 5.97 Å². The number of aryl methyl sites for hydroxylation is 4. The first-order valence-corrected chi connectivity index (χ1v) is 13.1. The Morgan fingerprint density at radius 3 is 2.68 bits per heavy atom. The zero-order valence-electron chi connectivity index (χ0n) is 21.6. The van der Waals surface area contributed by atoms with E-state index in [1.54, 1.807) is 12.5 Å². The lowest BCUT2D eigenvalue weighted by Crippen LogP contribution is -2.06. The number of benzene rings is 3. The monoisotopic (exact) mass is 503 g/mol. The summed E-state index contributed by atoms with van der Waals surface area (Å²) in [6.45, 7) is 4.93. The molecule has 3 aromatic carbocycles. The number of nitrogens with zero attached hydrogens (tertiary/aromatic N) is 3. The maximum Gasteiger partial charge on any atom is 0.328 e. The van der Waals surface area contributed by atoms with Crippen molar-refractivity contribution in [1.82, 2.24) is 14.5 Å². The van der Waals surface area contributed by atoms with Crippen molar-refractivity contribution < 1.29 is 14.3 Å². The fourth-order valence-electron chi connectivity index (χ4n) is 5.61. The third kappa shape index (κ3) is 4.32. The largest absolute Gasteiger partial charge is 0.478 e. The number of carbonyl (C=O) groups is 1. The molecule has 0 atom stereocenters. The van der Waals surface area contributed by atoms with Gasteiger partial charge in [-0.1, -0.05) is 49.4 Å². The van der Waals surface area contributed by atoms with Crippen molar-refractivity contribution >= 4 is 22.6 Å². The highest BCUT2D eigenvalue weighted by Crippen LogP contribution is 2.35. The van der Waals surface area contributed by atoms with Gasteiger partial charge in [-0.25, -0.2) is 14.8 Å². The molecule has 0 fully saturated rings. The molecule has 0 unspecified atom stereocenters. The van der Waals surface area contributed by atoms with Crippen LogP contribution in [0.3, 0.4) is 0 Å². The van der Waals surface area contributed by atoms with Crippen LogP contribution in [0.5, 0.6) is 0 Å². The molecule has 2 aromatic heterocycles. The van der Waals surface area contributed by atoms with Gasteiger partial charge < -0.3 is 14.1 Å². The van der Waals surface area contributed by atoms with Gasteiger partial charge in [-0.2, -0.15) is 0 Å². The van der Waals surface area contributed by atoms with Crippen molar-refractivity contribution in [1.29, 1.82) is 0 Å². The standard InChI is InChI=1S/C32H29N3O3/c1-3-6-29-34-31-20(2)15-24(32-33-13-14-38-32)17-28(31)35(29)19-21-9-12-26-23(16-21)11-10-22-7-4-5-8-25(22)27(26)18-30(36)37/h4-5,7-9,12-18H,3,6,10-11,19H2,1-2H3,(H,36,37). The number of hydrogen-bond acceptors (Lipinski definition) is 4. The maximum atomic E-state index is 11.7. The molecule has 6 rings (SSSR count). The Labute approximate surface area is 221 Å². The van der Waals surface area contributed by atoms with Crippen molar-refractivity contribution in [2.45, 2.75) is 46.1 Å². The third-order valence-corrected chi connectivity index (χ3v) is 7.32. The van der Waals surface area contributed by atoms with Crippen LogP contribution in [0, 0.1) is 6.92 Å². The van der Waals surface area contributed by atoms with Crippen molar-refractivity contribution in [2.75, 3.05) is 0 Å². The van der Waals surface area contributed by atoms with E-state index in [2.05, 4.69) is 59.8 Å². The van der Waals surface area contributed by atoms with Crippen LogP contribution in [0.1, 0.15) is 52.5 Å². The molecule has 0 bridgehead atoms. The van der Waals surface area contributed by atoms with E-state index >= 15 is 0 Å². The van der Waals surface area contributed by atoms with Crippen molar-refractivity contribution in [3.05, 3.63) is 112 Å². The molecule has 2 heterocycles. The second-order valence-electron chi connectivity index (χ2n) is 9.91. The second-order valence-corrected chi connectivity index (χ2v) is 9.91. The van der Waals surface area contributed by atoms with Gasteiger partial charge in [0, 0.05) is 24.6 Å². The zero-order valence-corrected chi connectivity index (χ0v) is 21.6. The van der Waals surface area contributed by atoms with Crippen molar-refractivity contribution in [2.24, 2.45) is 0 Å². The van der Waals surface area contributed by atoms with Crippen LogP contribution in [0.15, 0.2) is 77.6 Å². The van der Waals surface area contributed by atoms with Gasteiger partial charge >= 0.3 is 5.97 Å². The highest BCUT2D eigenvalue weighted by Gasteiger charge is 2.20. The fraction of sp³-hybridized carbons (Fsp3) is 0.219. The predicted molar refractivity (Wildman–Crippen MR) is 148 cm³/mol. The lowest BCUT2D eigenvalue weighted by molar-refractivity contribution is -0.131. The number of imidazole rings is 1. The third-order valence-electron chi connectivity index (χ3n) is 7.32. The molecule has 0 radical (unpaired) electrons. The van der Waals surface area contributed by atoms with Crippen LogP contribution >= 0.6 is 0 Å². The summed E-state index contributed by atoms with van der Waals surface area (Å²) in [6, 6.07) is 18.8. The molecule has 1 aliphatic rings. The Morgan fingerprint density at radius 2 is 1.89 bits per heavy atom. The number of fused-ring (bicyclic) bond motifs is 3. The minimum Gasteiger partial charge on any atom is -0.478 e. The van der Waals surface area contributed by atoms with Gasteiger partial charge in [0.1, 0.15) is 12.1 Å². The van der Waals surface area contributed by atoms with Gasteiger partial charge in [0.25, 0.3) is 0 Å². The molecule has 0 spiro atoms. The van der Waals surface area contributed by atoms with Crippen molar-refractivity contribution in [3.63, 3.8) is 0 Å². The van der Waals surface area contributed by atoms with E-state index in [0.717, 1.165) is 70.4 Å². The van der Waals surface area contributed by atoms with Crippen LogP contribution in [0.4, 0.5) is 0 Å². The Balaban J connectivity index is 1.45. The second kappa shape index (κ2) is 9.78. The topological polar surface area (TPSA) is 81.2 Å². The SMILES string of the molecule is CCCc1nc2c(C)cc(-c3ncco3)cc2n1Cc1ccc2c(c1)CCc1ccccc1C2=CC(=O)O. The summed E-state index contributed by atoms with van der Waals surface area (Å²) in [5.74, 6) is 0.726. The van der Waals surface area contributed by atoms with Crippen LogP contribution in [0.2, 0.25) is 0 Å². The lowest BCUT2D eigenvalue weighted by atomic mass is 9.92. The minimum absolute atomic E-state index is 0.599. The first-order valence-electron chi connectivity index (χ1n) is 13.1. The zero-order chi connectivity index (χ0) is 26.2. The van der Waals surface area contributed by atoms with Crippen LogP contribution in [-0.2, 0) is 30.6 Å². The molecule has 6 heteroatoms. The predicted octanol–water partition coefficient (Wildman–Crippen LogP) is 6.62. The van der Waals surface area contributed by atoms with Gasteiger partial charge in [-0.05, 0) is 77.3 Å². The minimum atomic E-state index is -0.932. The van der Waals surface area contributed by atoms with Gasteiger partial charge in [-0.15, -0.1) is 0 Å². The molecule has 1 N–H and O–H groups in total. The quantitative estimate of drug-likeness (QED) is 0.264.